The van der Waals surface area contributed by atoms with Gasteiger partial charge in [-0.3, -0.25) is 0 Å². The van der Waals surface area contributed by atoms with Crippen LogP contribution in [0.1, 0.15) is 0 Å². The standard InChI is InChI=1S/C32H28N2O4/c1-35-21-15-23-28(24(16-21)36-2)22(18-33-23)29-25(37-3)17-26(38-4)30-27(19-11-7-5-8-12-19)31(34-32(29)30)20-13-9-6-10-14-20/h5-18,33-34H,1-4H3. The Labute approximate surface area is 220 Å². The van der Waals surface area contributed by atoms with Gasteiger partial charge in [-0.05, 0) is 11.1 Å². The van der Waals surface area contributed by atoms with Crippen LogP contribution in [-0.4, -0.2) is 38.4 Å². The molecule has 0 aliphatic rings. The Hall–Kier alpha value is -4.84. The van der Waals surface area contributed by atoms with Crippen molar-refractivity contribution in [3.63, 3.8) is 0 Å². The second-order valence-corrected chi connectivity index (χ2v) is 8.97. The molecule has 0 radical (unpaired) electrons. The molecule has 4 aromatic carbocycles. The average molecular weight is 505 g/mol. The number of aromatic amines is 2. The van der Waals surface area contributed by atoms with Crippen LogP contribution >= 0.6 is 0 Å². The topological polar surface area (TPSA) is 68.5 Å². The second-order valence-electron chi connectivity index (χ2n) is 8.97. The van der Waals surface area contributed by atoms with Gasteiger partial charge in [-0.25, -0.2) is 0 Å². The highest BCUT2D eigenvalue weighted by Gasteiger charge is 2.26. The predicted molar refractivity (Wildman–Crippen MR) is 153 cm³/mol. The van der Waals surface area contributed by atoms with Crippen LogP contribution in [0, 0.1) is 0 Å². The molecule has 0 aliphatic carbocycles. The Morgan fingerprint density at radius 2 is 1.21 bits per heavy atom. The first-order chi connectivity index (χ1) is 18.7. The van der Waals surface area contributed by atoms with Crippen LogP contribution in [0.5, 0.6) is 23.0 Å². The largest absolute Gasteiger partial charge is 0.497 e. The molecule has 0 saturated heterocycles. The van der Waals surface area contributed by atoms with Crippen LogP contribution in [0.4, 0.5) is 0 Å². The Kier molecular flexibility index (Phi) is 5.92. The highest BCUT2D eigenvalue weighted by Crippen LogP contribution is 2.51. The minimum absolute atomic E-state index is 0.689. The van der Waals surface area contributed by atoms with Crippen molar-refractivity contribution in [2.24, 2.45) is 0 Å². The monoisotopic (exact) mass is 504 g/mol. The summed E-state index contributed by atoms with van der Waals surface area (Å²) >= 11 is 0. The molecule has 0 saturated carbocycles. The maximum Gasteiger partial charge on any atom is 0.132 e. The zero-order chi connectivity index (χ0) is 26.2. The third-order valence-electron chi connectivity index (χ3n) is 7.01. The van der Waals surface area contributed by atoms with Gasteiger partial charge in [-0.15, -0.1) is 0 Å². The van der Waals surface area contributed by atoms with Gasteiger partial charge in [0.25, 0.3) is 0 Å². The number of methoxy groups -OCH3 is 4. The summed E-state index contributed by atoms with van der Waals surface area (Å²) in [7, 11) is 6.69. The number of hydrogen-bond donors (Lipinski definition) is 2. The zero-order valence-corrected chi connectivity index (χ0v) is 21.7. The van der Waals surface area contributed by atoms with Crippen molar-refractivity contribution in [2.75, 3.05) is 28.4 Å². The Balaban J connectivity index is 1.77. The SMILES string of the molecule is COc1cc(OC)c2c(-c3c(OC)cc(OC)c4c(-c5ccccc5)c(-c5ccccc5)[nH]c34)c[nH]c2c1. The summed E-state index contributed by atoms with van der Waals surface area (Å²) in [4.78, 5) is 7.18. The van der Waals surface area contributed by atoms with E-state index in [1.54, 1.807) is 28.4 Å². The lowest BCUT2D eigenvalue weighted by atomic mass is 9.94. The normalized spacial score (nSPS) is 11.2. The number of aromatic nitrogens is 2. The van der Waals surface area contributed by atoms with Crippen molar-refractivity contribution in [2.45, 2.75) is 0 Å². The zero-order valence-electron chi connectivity index (χ0n) is 21.7. The van der Waals surface area contributed by atoms with E-state index >= 15 is 0 Å². The molecule has 2 aromatic heterocycles. The van der Waals surface area contributed by atoms with Gasteiger partial charge < -0.3 is 28.9 Å². The first-order valence-corrected chi connectivity index (χ1v) is 12.3. The van der Waals surface area contributed by atoms with Crippen LogP contribution in [0.3, 0.4) is 0 Å². The number of H-pyrrole nitrogens is 2. The third-order valence-corrected chi connectivity index (χ3v) is 7.01. The number of ether oxygens (including phenoxy) is 4. The highest BCUT2D eigenvalue weighted by molar-refractivity contribution is 6.16. The summed E-state index contributed by atoms with van der Waals surface area (Å²) in [5.41, 5.74) is 7.93. The van der Waals surface area contributed by atoms with Gasteiger partial charge in [0, 0.05) is 40.9 Å². The van der Waals surface area contributed by atoms with Gasteiger partial charge in [0.05, 0.1) is 56.1 Å². The molecule has 2 N–H and O–H groups in total. The summed E-state index contributed by atoms with van der Waals surface area (Å²) in [5, 5.41) is 1.92. The predicted octanol–water partition coefficient (Wildman–Crippen LogP) is 7.68. The number of rotatable bonds is 7. The number of fused-ring (bicyclic) bond motifs is 2. The fourth-order valence-electron chi connectivity index (χ4n) is 5.30. The van der Waals surface area contributed by atoms with Gasteiger partial charge in [0.1, 0.15) is 23.0 Å². The molecule has 0 unspecified atom stereocenters. The smallest absolute Gasteiger partial charge is 0.132 e. The minimum atomic E-state index is 0.689. The van der Waals surface area contributed by atoms with Crippen LogP contribution < -0.4 is 18.9 Å². The van der Waals surface area contributed by atoms with Crippen molar-refractivity contribution >= 4 is 21.8 Å². The van der Waals surface area contributed by atoms with E-state index in [9.17, 15) is 0 Å². The van der Waals surface area contributed by atoms with Gasteiger partial charge >= 0.3 is 0 Å². The van der Waals surface area contributed by atoms with Crippen LogP contribution in [-0.2, 0) is 0 Å². The van der Waals surface area contributed by atoms with E-state index in [2.05, 4.69) is 46.4 Å². The summed E-state index contributed by atoms with van der Waals surface area (Å²) in [6, 6.07) is 26.5. The molecule has 6 nitrogen and oxygen atoms in total. The van der Waals surface area contributed by atoms with Crippen molar-refractivity contribution < 1.29 is 18.9 Å². The summed E-state index contributed by atoms with van der Waals surface area (Å²) < 4.78 is 23.2. The fourth-order valence-corrected chi connectivity index (χ4v) is 5.30. The molecular weight excluding hydrogens is 476 g/mol. The average Bonchev–Trinajstić information content (AvgIpc) is 3.59. The summed E-state index contributed by atoms with van der Waals surface area (Å²) in [6.07, 6.45) is 1.99. The number of nitrogens with one attached hydrogen (secondary N) is 2. The van der Waals surface area contributed by atoms with E-state index in [-0.39, 0.29) is 0 Å². The molecule has 2 heterocycles. The van der Waals surface area contributed by atoms with Gasteiger partial charge in [0.2, 0.25) is 0 Å². The maximum atomic E-state index is 5.97. The molecule has 190 valence electrons. The Morgan fingerprint density at radius 3 is 1.84 bits per heavy atom. The molecular formula is C32H28N2O4. The summed E-state index contributed by atoms with van der Waals surface area (Å²) in [6.45, 7) is 0. The lowest BCUT2D eigenvalue weighted by Gasteiger charge is -2.15. The maximum absolute atomic E-state index is 5.97. The Bertz CT molecular complexity index is 1750. The third kappa shape index (κ3) is 3.65. The van der Waals surface area contributed by atoms with Crippen molar-refractivity contribution in [1.29, 1.82) is 0 Å². The van der Waals surface area contributed by atoms with E-state index in [1.807, 2.05) is 48.7 Å². The minimum Gasteiger partial charge on any atom is -0.497 e. The number of benzene rings is 4. The molecule has 6 aromatic rings. The van der Waals surface area contributed by atoms with Crippen molar-refractivity contribution in [1.82, 2.24) is 9.97 Å². The summed E-state index contributed by atoms with van der Waals surface area (Å²) in [5.74, 6) is 2.84. The van der Waals surface area contributed by atoms with Gasteiger partial charge in [-0.1, -0.05) is 60.7 Å². The van der Waals surface area contributed by atoms with Crippen LogP contribution in [0.25, 0.3) is 55.3 Å². The molecule has 6 heteroatoms. The number of hydrogen-bond acceptors (Lipinski definition) is 4. The first kappa shape index (κ1) is 23.6. The van der Waals surface area contributed by atoms with Gasteiger partial charge in [-0.2, -0.15) is 0 Å². The lowest BCUT2D eigenvalue weighted by Crippen LogP contribution is -1.94. The molecule has 0 spiro atoms. The first-order valence-electron chi connectivity index (χ1n) is 12.3. The fraction of sp³-hybridized carbons (Fsp3) is 0.125. The second kappa shape index (κ2) is 9.56. The van der Waals surface area contributed by atoms with Crippen LogP contribution in [0.2, 0.25) is 0 Å². The molecule has 0 amide bonds. The molecule has 0 aliphatic heterocycles. The molecule has 38 heavy (non-hydrogen) atoms. The Morgan fingerprint density at radius 1 is 0.579 bits per heavy atom. The molecule has 0 bridgehead atoms. The highest BCUT2D eigenvalue weighted by atomic mass is 16.5. The molecule has 6 rings (SSSR count). The van der Waals surface area contributed by atoms with E-state index in [4.69, 9.17) is 18.9 Å². The quantitative estimate of drug-likeness (QED) is 0.234. The molecule has 0 atom stereocenters. The lowest BCUT2D eigenvalue weighted by molar-refractivity contribution is 0.397. The van der Waals surface area contributed by atoms with Crippen LogP contribution in [0.15, 0.2) is 85.1 Å². The van der Waals surface area contributed by atoms with E-state index in [0.29, 0.717) is 17.2 Å². The van der Waals surface area contributed by atoms with E-state index < -0.39 is 0 Å². The molecule has 0 fully saturated rings. The van der Waals surface area contributed by atoms with Crippen molar-refractivity contribution in [3.8, 4) is 56.5 Å². The van der Waals surface area contributed by atoms with Crippen molar-refractivity contribution in [3.05, 3.63) is 85.1 Å². The van der Waals surface area contributed by atoms with E-state index in [0.717, 1.165) is 61.1 Å². The van der Waals surface area contributed by atoms with Gasteiger partial charge in [0.15, 0.2) is 0 Å². The van der Waals surface area contributed by atoms with E-state index in [1.165, 1.54) is 0 Å².